The average molecular weight is 415 g/mol. The molecule has 1 heterocycles. The first-order valence-electron chi connectivity index (χ1n) is 9.30. The average Bonchev–Trinajstić information content (AvgIpc) is 2.74. The highest BCUT2D eigenvalue weighted by atomic mass is 35.5. The molecular formula is C22H23ClN2O4. The summed E-state index contributed by atoms with van der Waals surface area (Å²) >= 11 is 5.90. The van der Waals surface area contributed by atoms with Crippen LogP contribution in [-0.4, -0.2) is 31.2 Å². The summed E-state index contributed by atoms with van der Waals surface area (Å²) in [6, 6.07) is 10.8. The van der Waals surface area contributed by atoms with E-state index in [0.29, 0.717) is 52.4 Å². The maximum absolute atomic E-state index is 12.9. The maximum Gasteiger partial charge on any atom is 0.258 e. The Labute approximate surface area is 174 Å². The number of nitrogens with one attached hydrogen (secondary N) is 1. The molecule has 0 aliphatic carbocycles. The van der Waals surface area contributed by atoms with Crippen LogP contribution in [0.15, 0.2) is 47.4 Å². The zero-order valence-electron chi connectivity index (χ0n) is 16.6. The number of pyridine rings is 1. The van der Waals surface area contributed by atoms with Crippen molar-refractivity contribution in [2.75, 3.05) is 20.8 Å². The Morgan fingerprint density at radius 1 is 1.07 bits per heavy atom. The van der Waals surface area contributed by atoms with Crippen molar-refractivity contribution in [3.8, 4) is 11.5 Å². The molecule has 0 saturated carbocycles. The number of benzene rings is 2. The largest absolute Gasteiger partial charge is 0.493 e. The molecule has 3 aromatic rings. The maximum atomic E-state index is 12.9. The van der Waals surface area contributed by atoms with Crippen LogP contribution in [0.2, 0.25) is 5.02 Å². The normalized spacial score (nSPS) is 10.8. The summed E-state index contributed by atoms with van der Waals surface area (Å²) in [5.74, 6) is 0.655. The number of amides is 1. The van der Waals surface area contributed by atoms with Gasteiger partial charge in [-0.1, -0.05) is 23.7 Å². The van der Waals surface area contributed by atoms with Crippen molar-refractivity contribution in [3.05, 3.63) is 69.1 Å². The Bertz CT molecular complexity index is 1090. The molecule has 1 amide bonds. The fraction of sp³-hybridized carbons (Fsp3) is 0.273. The number of ether oxygens (including phenoxy) is 2. The number of methoxy groups -OCH3 is 2. The van der Waals surface area contributed by atoms with Gasteiger partial charge in [-0.25, -0.2) is 0 Å². The van der Waals surface area contributed by atoms with Crippen LogP contribution in [0.25, 0.3) is 10.8 Å². The summed E-state index contributed by atoms with van der Waals surface area (Å²) in [5, 5.41) is 4.55. The topological polar surface area (TPSA) is 69.6 Å². The first kappa shape index (κ1) is 20.7. The van der Waals surface area contributed by atoms with Crippen LogP contribution in [0, 0.1) is 0 Å². The van der Waals surface area contributed by atoms with Gasteiger partial charge in [0.15, 0.2) is 11.5 Å². The molecule has 2 aromatic carbocycles. The van der Waals surface area contributed by atoms with E-state index >= 15 is 0 Å². The minimum Gasteiger partial charge on any atom is -0.493 e. The number of aryl methyl sites for hydroxylation is 1. The molecule has 7 heteroatoms. The molecule has 0 aliphatic heterocycles. The second-order valence-electron chi connectivity index (χ2n) is 6.52. The number of fused-ring (bicyclic) bond motifs is 1. The highest BCUT2D eigenvalue weighted by Crippen LogP contribution is 2.32. The van der Waals surface area contributed by atoms with Gasteiger partial charge in [0.05, 0.1) is 25.2 Å². The molecule has 152 valence electrons. The van der Waals surface area contributed by atoms with Gasteiger partial charge in [-0.2, -0.15) is 0 Å². The number of carbonyl (C=O) groups excluding carboxylic acids is 1. The van der Waals surface area contributed by atoms with Crippen molar-refractivity contribution >= 4 is 28.3 Å². The molecule has 0 fully saturated rings. The molecule has 1 aromatic heterocycles. The van der Waals surface area contributed by atoms with Crippen molar-refractivity contribution in [1.82, 2.24) is 9.88 Å². The third-order valence-corrected chi connectivity index (χ3v) is 5.04. The van der Waals surface area contributed by atoms with Crippen LogP contribution in [0.3, 0.4) is 0 Å². The third-order valence-electron chi connectivity index (χ3n) is 4.79. The number of nitrogens with zero attached hydrogens (tertiary/aromatic N) is 1. The fourth-order valence-electron chi connectivity index (χ4n) is 3.20. The zero-order chi connectivity index (χ0) is 21.0. The second-order valence-corrected chi connectivity index (χ2v) is 6.96. The van der Waals surface area contributed by atoms with Crippen LogP contribution < -0.4 is 20.3 Å². The van der Waals surface area contributed by atoms with Crippen molar-refractivity contribution in [1.29, 1.82) is 0 Å². The van der Waals surface area contributed by atoms with Gasteiger partial charge in [0.25, 0.3) is 11.5 Å². The summed E-state index contributed by atoms with van der Waals surface area (Å²) < 4.78 is 12.2. The van der Waals surface area contributed by atoms with Gasteiger partial charge in [-0.05, 0) is 43.2 Å². The Morgan fingerprint density at radius 2 is 1.69 bits per heavy atom. The number of carbonyl (C=O) groups is 1. The minimum absolute atomic E-state index is 0.179. The van der Waals surface area contributed by atoms with Gasteiger partial charge in [-0.15, -0.1) is 0 Å². The summed E-state index contributed by atoms with van der Waals surface area (Å²) in [4.78, 5) is 25.7. The van der Waals surface area contributed by atoms with Crippen LogP contribution in [0.1, 0.15) is 22.8 Å². The highest BCUT2D eigenvalue weighted by Gasteiger charge is 2.17. The Kier molecular flexibility index (Phi) is 6.44. The number of halogens is 1. The van der Waals surface area contributed by atoms with E-state index in [9.17, 15) is 9.59 Å². The molecule has 29 heavy (non-hydrogen) atoms. The summed E-state index contributed by atoms with van der Waals surface area (Å²) in [6.07, 6.45) is 2.26. The van der Waals surface area contributed by atoms with Gasteiger partial charge in [0, 0.05) is 29.7 Å². The van der Waals surface area contributed by atoms with Gasteiger partial charge >= 0.3 is 0 Å². The summed E-state index contributed by atoms with van der Waals surface area (Å²) in [5.41, 5.74) is 1.31. The molecule has 1 N–H and O–H groups in total. The van der Waals surface area contributed by atoms with Gasteiger partial charge in [0.1, 0.15) is 0 Å². The molecule has 0 spiro atoms. The van der Waals surface area contributed by atoms with Crippen molar-refractivity contribution < 1.29 is 14.3 Å². The molecule has 0 atom stereocenters. The van der Waals surface area contributed by atoms with E-state index in [-0.39, 0.29) is 11.5 Å². The quantitative estimate of drug-likeness (QED) is 0.640. The highest BCUT2D eigenvalue weighted by molar-refractivity contribution is 6.30. The molecule has 0 aliphatic rings. The molecule has 0 radical (unpaired) electrons. The standard InChI is InChI=1S/C22H23ClN2O4/c1-4-25-13-18(21(26)24-10-9-14-5-7-15(23)8-6-14)16-11-19(28-2)20(29-3)12-17(16)22(25)27/h5-8,11-13H,4,9-10H2,1-3H3,(H,24,26). The molecule has 0 bridgehead atoms. The molecule has 6 nitrogen and oxygen atoms in total. The molecule has 3 rings (SSSR count). The Morgan fingerprint density at radius 3 is 2.28 bits per heavy atom. The van der Waals surface area contributed by atoms with Crippen molar-refractivity contribution in [2.24, 2.45) is 0 Å². The third kappa shape index (κ3) is 4.38. The van der Waals surface area contributed by atoms with Gasteiger partial charge in [0.2, 0.25) is 0 Å². The van der Waals surface area contributed by atoms with E-state index in [4.69, 9.17) is 21.1 Å². The van der Waals surface area contributed by atoms with E-state index in [0.717, 1.165) is 5.56 Å². The lowest BCUT2D eigenvalue weighted by atomic mass is 10.1. The van der Waals surface area contributed by atoms with E-state index in [2.05, 4.69) is 5.32 Å². The molecular weight excluding hydrogens is 392 g/mol. The van der Waals surface area contributed by atoms with E-state index < -0.39 is 0 Å². The lowest BCUT2D eigenvalue weighted by molar-refractivity contribution is 0.0955. The van der Waals surface area contributed by atoms with E-state index in [1.54, 1.807) is 18.3 Å². The van der Waals surface area contributed by atoms with Crippen molar-refractivity contribution in [3.63, 3.8) is 0 Å². The number of aromatic nitrogens is 1. The lowest BCUT2D eigenvalue weighted by Crippen LogP contribution is -2.29. The number of hydrogen-bond donors (Lipinski definition) is 1. The second kappa shape index (κ2) is 9.01. The first-order chi connectivity index (χ1) is 14.0. The van der Waals surface area contributed by atoms with Crippen LogP contribution >= 0.6 is 11.6 Å². The first-order valence-corrected chi connectivity index (χ1v) is 9.68. The number of rotatable bonds is 7. The Hall–Kier alpha value is -2.99. The lowest BCUT2D eigenvalue weighted by Gasteiger charge is -2.14. The monoisotopic (exact) mass is 414 g/mol. The minimum atomic E-state index is -0.251. The van der Waals surface area contributed by atoms with Crippen LogP contribution in [0.4, 0.5) is 0 Å². The molecule has 0 saturated heterocycles. The Balaban J connectivity index is 1.94. The van der Waals surface area contributed by atoms with Gasteiger partial charge < -0.3 is 19.4 Å². The van der Waals surface area contributed by atoms with E-state index in [1.165, 1.54) is 18.8 Å². The zero-order valence-corrected chi connectivity index (χ0v) is 17.4. The summed E-state index contributed by atoms with van der Waals surface area (Å²) in [7, 11) is 3.03. The fourth-order valence-corrected chi connectivity index (χ4v) is 3.33. The van der Waals surface area contributed by atoms with Crippen LogP contribution in [0.5, 0.6) is 11.5 Å². The number of hydrogen-bond acceptors (Lipinski definition) is 4. The van der Waals surface area contributed by atoms with Crippen LogP contribution in [-0.2, 0) is 13.0 Å². The SMILES string of the molecule is CCn1cc(C(=O)NCCc2ccc(Cl)cc2)c2cc(OC)c(OC)cc2c1=O. The van der Waals surface area contributed by atoms with E-state index in [1.807, 2.05) is 31.2 Å². The predicted molar refractivity (Wildman–Crippen MR) is 114 cm³/mol. The smallest absolute Gasteiger partial charge is 0.258 e. The van der Waals surface area contributed by atoms with Crippen molar-refractivity contribution in [2.45, 2.75) is 19.9 Å². The molecule has 0 unspecified atom stereocenters. The summed E-state index contributed by atoms with van der Waals surface area (Å²) in [6.45, 7) is 2.77. The predicted octanol–water partition coefficient (Wildman–Crippen LogP) is 3.66. The van der Waals surface area contributed by atoms with Gasteiger partial charge in [-0.3, -0.25) is 9.59 Å².